The van der Waals surface area contributed by atoms with Crippen LogP contribution in [0.2, 0.25) is 0 Å². The van der Waals surface area contributed by atoms with E-state index < -0.39 is 48.1 Å². The van der Waals surface area contributed by atoms with E-state index in [1.165, 1.54) is 6.92 Å². The minimum Gasteiger partial charge on any atom is -0.243 e. The smallest absolute Gasteiger partial charge is 0.243 e. The Hall–Kier alpha value is -1.01. The summed E-state index contributed by atoms with van der Waals surface area (Å²) in [5.74, 6) is 0. The summed E-state index contributed by atoms with van der Waals surface area (Å²) < 4.78 is 87.9. The van der Waals surface area contributed by atoms with Crippen LogP contribution in [0, 0.1) is 0 Å². The first-order valence-corrected chi connectivity index (χ1v) is 4.80. The lowest BCUT2D eigenvalue weighted by atomic mass is 9.87. The van der Waals surface area contributed by atoms with E-state index in [-0.39, 0.29) is 6.08 Å². The van der Waals surface area contributed by atoms with Crippen molar-refractivity contribution in [2.75, 3.05) is 0 Å². The second kappa shape index (κ2) is 4.34. The maximum absolute atomic E-state index is 12.9. The highest BCUT2D eigenvalue weighted by Gasteiger charge is 2.45. The molecular formula is C10H9F7. The summed E-state index contributed by atoms with van der Waals surface area (Å²) >= 11 is 0. The Morgan fingerprint density at radius 1 is 1.12 bits per heavy atom. The monoisotopic (exact) mass is 262 g/mol. The van der Waals surface area contributed by atoms with Crippen molar-refractivity contribution in [3.05, 3.63) is 22.8 Å². The first kappa shape index (κ1) is 14.1. The van der Waals surface area contributed by atoms with Gasteiger partial charge in [0.05, 0.1) is 5.57 Å². The summed E-state index contributed by atoms with van der Waals surface area (Å²) in [5, 5.41) is 0. The van der Waals surface area contributed by atoms with Crippen LogP contribution in [-0.2, 0) is 0 Å². The van der Waals surface area contributed by atoms with Gasteiger partial charge in [-0.25, -0.2) is 4.39 Å². The Bertz CT molecular complexity index is 356. The van der Waals surface area contributed by atoms with Crippen LogP contribution in [0.15, 0.2) is 22.8 Å². The fraction of sp³-hybridized carbons (Fsp3) is 0.600. The Labute approximate surface area is 92.8 Å². The van der Waals surface area contributed by atoms with Crippen LogP contribution < -0.4 is 0 Å². The van der Waals surface area contributed by atoms with Crippen LogP contribution in [-0.4, -0.2) is 18.5 Å². The zero-order valence-electron chi connectivity index (χ0n) is 8.71. The van der Waals surface area contributed by atoms with E-state index in [0.29, 0.717) is 0 Å². The zero-order chi connectivity index (χ0) is 13.4. The van der Waals surface area contributed by atoms with Crippen molar-refractivity contribution in [1.82, 2.24) is 0 Å². The summed E-state index contributed by atoms with van der Waals surface area (Å²) in [6.07, 6.45) is -13.4. The van der Waals surface area contributed by atoms with Crippen molar-refractivity contribution < 1.29 is 30.7 Å². The van der Waals surface area contributed by atoms with Gasteiger partial charge < -0.3 is 0 Å². The molecule has 1 atom stereocenters. The minimum atomic E-state index is -4.97. The van der Waals surface area contributed by atoms with Crippen molar-refractivity contribution in [3.63, 3.8) is 0 Å². The standard InChI is InChI=1S/C10H9F7/c1-2-6-7(9(12,13)14)3-5(11)4-8(6)10(15,16)17/h3,5H,2,4H2,1H3. The molecule has 1 aliphatic rings. The van der Waals surface area contributed by atoms with Gasteiger partial charge in [-0.15, -0.1) is 0 Å². The van der Waals surface area contributed by atoms with Crippen LogP contribution in [0.25, 0.3) is 0 Å². The first-order chi connectivity index (χ1) is 7.57. The fourth-order valence-electron chi connectivity index (χ4n) is 1.78. The normalized spacial score (nSPS) is 22.8. The molecule has 0 spiro atoms. The van der Waals surface area contributed by atoms with Crippen molar-refractivity contribution in [3.8, 4) is 0 Å². The van der Waals surface area contributed by atoms with Crippen molar-refractivity contribution >= 4 is 0 Å². The van der Waals surface area contributed by atoms with Gasteiger partial charge in [-0.05, 0) is 18.1 Å². The lowest BCUT2D eigenvalue weighted by Crippen LogP contribution is -2.26. The quantitative estimate of drug-likeness (QED) is 0.611. The SMILES string of the molecule is CCC1=C(C(F)(F)F)CC(F)C=C1C(F)(F)F. The van der Waals surface area contributed by atoms with Gasteiger partial charge in [-0.2, -0.15) is 26.3 Å². The van der Waals surface area contributed by atoms with E-state index >= 15 is 0 Å². The van der Waals surface area contributed by atoms with Gasteiger partial charge in [0.25, 0.3) is 0 Å². The van der Waals surface area contributed by atoms with Crippen molar-refractivity contribution in [1.29, 1.82) is 0 Å². The molecule has 0 aliphatic heterocycles. The van der Waals surface area contributed by atoms with Gasteiger partial charge in [0, 0.05) is 12.0 Å². The van der Waals surface area contributed by atoms with Crippen LogP contribution in [0.1, 0.15) is 19.8 Å². The number of allylic oxidation sites excluding steroid dienone is 4. The topological polar surface area (TPSA) is 0 Å². The molecule has 1 aliphatic carbocycles. The van der Waals surface area contributed by atoms with Gasteiger partial charge in [0.2, 0.25) is 0 Å². The van der Waals surface area contributed by atoms with E-state index in [2.05, 4.69) is 0 Å². The second-order valence-corrected chi connectivity index (χ2v) is 3.61. The molecule has 0 saturated heterocycles. The molecule has 0 N–H and O–H groups in total. The largest absolute Gasteiger partial charge is 0.416 e. The van der Waals surface area contributed by atoms with Gasteiger partial charge in [0.15, 0.2) is 0 Å². The van der Waals surface area contributed by atoms with Gasteiger partial charge in [-0.1, -0.05) is 6.92 Å². The van der Waals surface area contributed by atoms with Gasteiger partial charge in [-0.3, -0.25) is 0 Å². The molecule has 1 unspecified atom stereocenters. The average Bonchev–Trinajstić information content (AvgIpc) is 2.13. The summed E-state index contributed by atoms with van der Waals surface area (Å²) in [5.41, 5.74) is -3.78. The van der Waals surface area contributed by atoms with Crippen LogP contribution in [0.4, 0.5) is 30.7 Å². The lowest BCUT2D eigenvalue weighted by molar-refractivity contribution is -0.102. The molecule has 0 nitrogen and oxygen atoms in total. The highest BCUT2D eigenvalue weighted by Crippen LogP contribution is 2.44. The predicted octanol–water partition coefficient (Wildman–Crippen LogP) is 4.49. The minimum absolute atomic E-state index is 0.216. The zero-order valence-corrected chi connectivity index (χ0v) is 8.71. The third kappa shape index (κ3) is 3.01. The number of rotatable bonds is 1. The molecule has 98 valence electrons. The highest BCUT2D eigenvalue weighted by atomic mass is 19.4. The van der Waals surface area contributed by atoms with E-state index in [9.17, 15) is 30.7 Å². The predicted molar refractivity (Wildman–Crippen MR) is 47.0 cm³/mol. The molecule has 0 heterocycles. The van der Waals surface area contributed by atoms with Crippen molar-refractivity contribution in [2.24, 2.45) is 0 Å². The molecule has 0 aromatic rings. The van der Waals surface area contributed by atoms with Gasteiger partial charge >= 0.3 is 12.4 Å². The molecule has 0 aromatic carbocycles. The number of hydrogen-bond acceptors (Lipinski definition) is 0. The molecule has 0 fully saturated rings. The molecular weight excluding hydrogens is 253 g/mol. The van der Waals surface area contributed by atoms with Crippen LogP contribution in [0.5, 0.6) is 0 Å². The average molecular weight is 262 g/mol. The van der Waals surface area contributed by atoms with Crippen LogP contribution in [0.3, 0.4) is 0 Å². The maximum atomic E-state index is 12.9. The third-order valence-corrected chi connectivity index (χ3v) is 2.44. The van der Waals surface area contributed by atoms with Crippen LogP contribution >= 0.6 is 0 Å². The van der Waals surface area contributed by atoms with Crippen molar-refractivity contribution in [2.45, 2.75) is 38.3 Å². The van der Waals surface area contributed by atoms with E-state index in [1.54, 1.807) is 0 Å². The number of alkyl halides is 7. The third-order valence-electron chi connectivity index (χ3n) is 2.44. The Balaban J connectivity index is 3.34. The Kier molecular flexibility index (Phi) is 3.59. The second-order valence-electron chi connectivity index (χ2n) is 3.61. The molecule has 0 amide bonds. The number of halogens is 7. The van der Waals surface area contributed by atoms with Gasteiger partial charge in [0.1, 0.15) is 6.17 Å². The highest BCUT2D eigenvalue weighted by molar-refractivity contribution is 5.44. The lowest BCUT2D eigenvalue weighted by Gasteiger charge is -2.26. The molecule has 0 aromatic heterocycles. The van der Waals surface area contributed by atoms with E-state index in [4.69, 9.17) is 0 Å². The molecule has 0 bridgehead atoms. The molecule has 1 rings (SSSR count). The summed E-state index contributed by atoms with van der Waals surface area (Å²) in [6, 6.07) is 0. The Morgan fingerprint density at radius 2 is 1.65 bits per heavy atom. The molecule has 0 radical (unpaired) electrons. The first-order valence-electron chi connectivity index (χ1n) is 4.80. The Morgan fingerprint density at radius 3 is 2.00 bits per heavy atom. The van der Waals surface area contributed by atoms with E-state index in [1.807, 2.05) is 0 Å². The maximum Gasteiger partial charge on any atom is 0.416 e. The summed E-state index contributed by atoms with van der Waals surface area (Å²) in [7, 11) is 0. The van der Waals surface area contributed by atoms with E-state index in [0.717, 1.165) is 0 Å². The fourth-order valence-corrected chi connectivity index (χ4v) is 1.78. The molecule has 0 saturated carbocycles. The number of hydrogen-bond donors (Lipinski definition) is 0. The summed E-state index contributed by atoms with van der Waals surface area (Å²) in [4.78, 5) is 0. The summed E-state index contributed by atoms with van der Waals surface area (Å²) in [6.45, 7) is 1.18. The molecule has 7 heteroatoms. The molecule has 17 heavy (non-hydrogen) atoms.